The second kappa shape index (κ2) is 9.02. The first-order valence-electron chi connectivity index (χ1n) is 14.4. The molecule has 0 heterocycles. The van der Waals surface area contributed by atoms with Gasteiger partial charge in [-0.25, -0.2) is 8.78 Å². The second-order valence-corrected chi connectivity index (χ2v) is 13.6. The molecule has 0 aromatic carbocycles. The van der Waals surface area contributed by atoms with Crippen LogP contribution in [0.4, 0.5) is 8.78 Å². The van der Waals surface area contributed by atoms with Crippen LogP contribution in [0.15, 0.2) is 0 Å². The van der Waals surface area contributed by atoms with E-state index in [1.54, 1.807) is 0 Å². The first-order chi connectivity index (χ1) is 15.6. The Morgan fingerprint density at radius 2 is 1.58 bits per heavy atom. The van der Waals surface area contributed by atoms with Crippen LogP contribution in [-0.2, 0) is 0 Å². The Morgan fingerprint density at radius 3 is 2.33 bits per heavy atom. The van der Waals surface area contributed by atoms with Crippen LogP contribution in [0.2, 0.25) is 0 Å². The monoisotopic (exact) mass is 466 g/mol. The number of rotatable bonds is 5. The summed E-state index contributed by atoms with van der Waals surface area (Å²) in [5.41, 5.74) is -0.390. The highest BCUT2D eigenvalue weighted by atomic mass is 19.3. The van der Waals surface area contributed by atoms with Gasteiger partial charge in [-0.2, -0.15) is 0 Å². The normalized spacial score (nSPS) is 47.3. The Labute approximate surface area is 200 Å². The lowest BCUT2D eigenvalue weighted by Crippen LogP contribution is -2.49. The van der Waals surface area contributed by atoms with Crippen LogP contribution in [-0.4, -0.2) is 27.8 Å². The molecule has 2 nitrogen and oxygen atoms in total. The predicted molar refractivity (Wildman–Crippen MR) is 128 cm³/mol. The van der Waals surface area contributed by atoms with Gasteiger partial charge in [0, 0.05) is 12.8 Å². The minimum absolute atomic E-state index is 0.0449. The molecule has 0 amide bonds. The van der Waals surface area contributed by atoms with Crippen molar-refractivity contribution in [1.29, 1.82) is 0 Å². The third-order valence-corrected chi connectivity index (χ3v) is 11.9. The summed E-state index contributed by atoms with van der Waals surface area (Å²) in [6, 6.07) is 0. The number of alkyl halides is 2. The molecule has 5 aliphatic carbocycles. The van der Waals surface area contributed by atoms with E-state index < -0.39 is 11.5 Å². The molecule has 5 aliphatic rings. The van der Waals surface area contributed by atoms with Crippen LogP contribution in [0.25, 0.3) is 0 Å². The molecule has 190 valence electrons. The average molecular weight is 467 g/mol. The Kier molecular flexibility index (Phi) is 6.69. The van der Waals surface area contributed by atoms with Crippen molar-refractivity contribution in [3.8, 4) is 0 Å². The van der Waals surface area contributed by atoms with Crippen molar-refractivity contribution < 1.29 is 19.0 Å². The van der Waals surface area contributed by atoms with Gasteiger partial charge in [0.25, 0.3) is 0 Å². The fraction of sp³-hybridized carbons (Fsp3) is 1.00. The number of aliphatic hydroxyl groups is 2. The minimum Gasteiger partial charge on any atom is -0.393 e. The molecule has 4 heteroatoms. The molecule has 33 heavy (non-hydrogen) atoms. The summed E-state index contributed by atoms with van der Waals surface area (Å²) in [5.74, 6) is 3.21. The van der Waals surface area contributed by atoms with Gasteiger partial charge in [0.05, 0.1) is 11.7 Å². The molecule has 0 aliphatic heterocycles. The average Bonchev–Trinajstić information content (AvgIpc) is 3.13. The highest BCUT2D eigenvalue weighted by molar-refractivity contribution is 5.06. The van der Waals surface area contributed by atoms with Crippen molar-refractivity contribution in [2.45, 2.75) is 134 Å². The van der Waals surface area contributed by atoms with E-state index in [1.807, 2.05) is 0 Å². The third-order valence-electron chi connectivity index (χ3n) is 11.9. The van der Waals surface area contributed by atoms with E-state index >= 15 is 0 Å². The standard InChI is InChI=1S/C29H48F2O2/c1-19(4-3-12-28(33)14-16-29(30,31)17-15-28)25-9-10-26-24-7-5-20-18-21(32)6-8-22(20)23(24)11-13-27(25,26)2/h19-26,32-33H,3-18H2,1-2H3/t19-,20?,21?,22?,23?,24?,25?,26?,27?/m1/s1. The zero-order valence-electron chi connectivity index (χ0n) is 21.1. The van der Waals surface area contributed by atoms with Crippen molar-refractivity contribution in [3.63, 3.8) is 0 Å². The molecule has 0 aromatic rings. The van der Waals surface area contributed by atoms with Crippen molar-refractivity contribution in [1.82, 2.24) is 0 Å². The predicted octanol–water partition coefficient (Wildman–Crippen LogP) is 7.36. The number of fused-ring (bicyclic) bond motifs is 5. The molecule has 9 atom stereocenters. The van der Waals surface area contributed by atoms with Gasteiger partial charge in [0.1, 0.15) is 0 Å². The van der Waals surface area contributed by atoms with Gasteiger partial charge >= 0.3 is 0 Å². The third kappa shape index (κ3) is 4.66. The number of hydrogen-bond acceptors (Lipinski definition) is 2. The lowest BCUT2D eigenvalue weighted by molar-refractivity contribution is -0.107. The smallest absolute Gasteiger partial charge is 0.248 e. The number of hydrogen-bond donors (Lipinski definition) is 2. The van der Waals surface area contributed by atoms with E-state index in [4.69, 9.17) is 0 Å². The maximum atomic E-state index is 13.5. The molecular weight excluding hydrogens is 418 g/mol. The number of halogens is 2. The zero-order chi connectivity index (χ0) is 23.4. The highest BCUT2D eigenvalue weighted by Crippen LogP contribution is 2.65. The lowest BCUT2D eigenvalue weighted by Gasteiger charge is -2.56. The summed E-state index contributed by atoms with van der Waals surface area (Å²) in [7, 11) is 0. The SMILES string of the molecule is C[C@H](CCCC1(O)CCC(F)(F)CC1)C1CCC2C3CCC4CC(O)CCC4C3CCC21C. The molecule has 0 saturated heterocycles. The summed E-state index contributed by atoms with van der Waals surface area (Å²) in [4.78, 5) is 0. The van der Waals surface area contributed by atoms with Crippen LogP contribution in [0, 0.1) is 46.8 Å². The molecule has 0 aromatic heterocycles. The van der Waals surface area contributed by atoms with E-state index in [-0.39, 0.29) is 31.8 Å². The van der Waals surface area contributed by atoms with Gasteiger partial charge in [-0.15, -0.1) is 0 Å². The van der Waals surface area contributed by atoms with Crippen LogP contribution in [0.1, 0.15) is 117 Å². The molecule has 0 radical (unpaired) electrons. The quantitative estimate of drug-likeness (QED) is 0.444. The fourth-order valence-corrected chi connectivity index (χ4v) is 10.1. The van der Waals surface area contributed by atoms with Crippen molar-refractivity contribution in [2.24, 2.45) is 46.8 Å². The van der Waals surface area contributed by atoms with Crippen LogP contribution in [0.5, 0.6) is 0 Å². The van der Waals surface area contributed by atoms with E-state index in [9.17, 15) is 19.0 Å². The Morgan fingerprint density at radius 1 is 0.848 bits per heavy atom. The maximum absolute atomic E-state index is 13.5. The molecule has 5 saturated carbocycles. The van der Waals surface area contributed by atoms with E-state index in [0.29, 0.717) is 17.8 Å². The summed E-state index contributed by atoms with van der Waals surface area (Å²) in [6.45, 7) is 5.04. The van der Waals surface area contributed by atoms with E-state index in [0.717, 1.165) is 61.2 Å². The maximum Gasteiger partial charge on any atom is 0.248 e. The van der Waals surface area contributed by atoms with E-state index in [2.05, 4.69) is 13.8 Å². The topological polar surface area (TPSA) is 40.5 Å². The van der Waals surface area contributed by atoms with Gasteiger partial charge in [-0.1, -0.05) is 26.7 Å². The van der Waals surface area contributed by atoms with Gasteiger partial charge in [-0.3, -0.25) is 0 Å². The van der Waals surface area contributed by atoms with E-state index in [1.165, 1.54) is 44.9 Å². The lowest BCUT2D eigenvalue weighted by atomic mass is 9.49. The van der Waals surface area contributed by atoms with Crippen LogP contribution in [0.3, 0.4) is 0 Å². The zero-order valence-corrected chi connectivity index (χ0v) is 21.1. The van der Waals surface area contributed by atoms with Gasteiger partial charge in [0.15, 0.2) is 0 Å². The van der Waals surface area contributed by atoms with Gasteiger partial charge in [0.2, 0.25) is 5.92 Å². The summed E-state index contributed by atoms with van der Waals surface area (Å²) >= 11 is 0. The molecule has 0 spiro atoms. The highest BCUT2D eigenvalue weighted by Gasteiger charge is 2.57. The summed E-state index contributed by atoms with van der Waals surface area (Å²) in [5, 5.41) is 21.0. The molecule has 0 bridgehead atoms. The van der Waals surface area contributed by atoms with Crippen molar-refractivity contribution >= 4 is 0 Å². The summed E-state index contributed by atoms with van der Waals surface area (Å²) in [6.07, 6.45) is 14.6. The number of aliphatic hydroxyl groups excluding tert-OH is 1. The largest absolute Gasteiger partial charge is 0.393 e. The summed E-state index contributed by atoms with van der Waals surface area (Å²) < 4.78 is 27.0. The minimum atomic E-state index is -2.57. The fourth-order valence-electron chi connectivity index (χ4n) is 10.1. The van der Waals surface area contributed by atoms with Crippen molar-refractivity contribution in [2.75, 3.05) is 0 Å². The van der Waals surface area contributed by atoms with Gasteiger partial charge < -0.3 is 10.2 Å². The van der Waals surface area contributed by atoms with Crippen molar-refractivity contribution in [3.05, 3.63) is 0 Å². The van der Waals surface area contributed by atoms with Gasteiger partial charge in [-0.05, 0) is 124 Å². The molecule has 5 rings (SSSR count). The Balaban J connectivity index is 1.16. The molecular formula is C29H48F2O2. The van der Waals surface area contributed by atoms with Crippen LogP contribution < -0.4 is 0 Å². The molecule has 2 N–H and O–H groups in total. The first-order valence-corrected chi connectivity index (χ1v) is 14.4. The second-order valence-electron chi connectivity index (χ2n) is 13.6. The first kappa shape index (κ1) is 24.5. The molecule has 8 unspecified atom stereocenters. The Bertz CT molecular complexity index is 685. The molecule has 5 fully saturated rings. The van der Waals surface area contributed by atoms with Crippen LogP contribution >= 0.6 is 0 Å². The Hall–Kier alpha value is -0.220.